The summed E-state index contributed by atoms with van der Waals surface area (Å²) in [7, 11) is 0. The first-order chi connectivity index (χ1) is 7.27. The average Bonchev–Trinajstić information content (AvgIpc) is 2.91. The lowest BCUT2D eigenvalue weighted by atomic mass is 10.2. The molecule has 2 aromatic rings. The first-order valence-corrected chi connectivity index (χ1v) is 5.52. The highest BCUT2D eigenvalue weighted by molar-refractivity contribution is 7.07. The van der Waals surface area contributed by atoms with Gasteiger partial charge in [0.2, 0.25) is 0 Å². The van der Waals surface area contributed by atoms with E-state index in [2.05, 4.69) is 10.3 Å². The van der Waals surface area contributed by atoms with Crippen LogP contribution in [0.25, 0.3) is 0 Å². The summed E-state index contributed by atoms with van der Waals surface area (Å²) < 4.78 is 1.42. The summed E-state index contributed by atoms with van der Waals surface area (Å²) in [5.41, 5.74) is 1.12. The topological polar surface area (TPSA) is 46.9 Å². The van der Waals surface area contributed by atoms with Crippen LogP contribution in [0.1, 0.15) is 18.5 Å². The highest BCUT2D eigenvalue weighted by Crippen LogP contribution is 2.15. The molecule has 1 amide bonds. The molecule has 0 fully saturated rings. The summed E-state index contributed by atoms with van der Waals surface area (Å²) in [5.74, 6) is 0. The zero-order chi connectivity index (χ0) is 10.7. The Labute approximate surface area is 91.6 Å². The van der Waals surface area contributed by atoms with E-state index in [4.69, 9.17) is 0 Å². The number of aromatic nitrogens is 2. The van der Waals surface area contributed by atoms with Gasteiger partial charge in [0.15, 0.2) is 0 Å². The smallest absolute Gasteiger partial charge is 0.327 e. The van der Waals surface area contributed by atoms with Gasteiger partial charge in [-0.15, -0.1) is 0 Å². The van der Waals surface area contributed by atoms with E-state index in [-0.39, 0.29) is 12.1 Å². The Morgan fingerprint density at radius 3 is 3.13 bits per heavy atom. The number of nitrogens with zero attached hydrogens (tertiary/aromatic N) is 2. The Bertz CT molecular complexity index is 421. The molecule has 78 valence electrons. The van der Waals surface area contributed by atoms with Gasteiger partial charge in [-0.2, -0.15) is 11.3 Å². The van der Waals surface area contributed by atoms with Crippen LogP contribution in [0.2, 0.25) is 0 Å². The van der Waals surface area contributed by atoms with Crippen LogP contribution in [0, 0.1) is 0 Å². The third kappa shape index (κ3) is 2.24. The average molecular weight is 221 g/mol. The molecule has 15 heavy (non-hydrogen) atoms. The number of carbonyl (C=O) groups excluding carboxylic acids is 1. The molecular weight excluding hydrogens is 210 g/mol. The fourth-order valence-electron chi connectivity index (χ4n) is 1.24. The third-order valence-corrected chi connectivity index (χ3v) is 2.82. The Hall–Kier alpha value is -1.62. The normalized spacial score (nSPS) is 12.3. The van der Waals surface area contributed by atoms with Crippen LogP contribution in [0.3, 0.4) is 0 Å². The van der Waals surface area contributed by atoms with E-state index in [0.717, 1.165) is 5.56 Å². The SMILES string of the molecule is CC(NC(=O)n1ccnc1)c1ccsc1. The van der Waals surface area contributed by atoms with E-state index in [1.807, 2.05) is 23.8 Å². The Kier molecular flexibility index (Phi) is 2.82. The summed E-state index contributed by atoms with van der Waals surface area (Å²) in [6, 6.07) is 1.86. The van der Waals surface area contributed by atoms with E-state index in [0.29, 0.717) is 0 Å². The van der Waals surface area contributed by atoms with Gasteiger partial charge in [-0.3, -0.25) is 4.57 Å². The lowest BCUT2D eigenvalue weighted by molar-refractivity contribution is 0.239. The predicted molar refractivity (Wildman–Crippen MR) is 58.9 cm³/mol. The van der Waals surface area contributed by atoms with Gasteiger partial charge < -0.3 is 5.32 Å². The fraction of sp³-hybridized carbons (Fsp3) is 0.200. The van der Waals surface area contributed by atoms with Crippen molar-refractivity contribution in [2.24, 2.45) is 0 Å². The molecule has 1 atom stereocenters. The molecule has 0 aliphatic rings. The number of hydrogen-bond donors (Lipinski definition) is 1. The van der Waals surface area contributed by atoms with Gasteiger partial charge in [0.05, 0.1) is 6.04 Å². The Morgan fingerprint density at radius 2 is 2.53 bits per heavy atom. The maximum Gasteiger partial charge on any atom is 0.327 e. The van der Waals surface area contributed by atoms with E-state index >= 15 is 0 Å². The lowest BCUT2D eigenvalue weighted by Gasteiger charge is -2.12. The van der Waals surface area contributed by atoms with Crippen molar-refractivity contribution in [2.45, 2.75) is 13.0 Å². The van der Waals surface area contributed by atoms with Crippen molar-refractivity contribution in [1.82, 2.24) is 14.9 Å². The molecule has 2 rings (SSSR count). The molecule has 1 unspecified atom stereocenters. The lowest BCUT2D eigenvalue weighted by Crippen LogP contribution is -2.29. The van der Waals surface area contributed by atoms with Crippen LogP contribution in [0.4, 0.5) is 4.79 Å². The molecular formula is C10H11N3OS. The Balaban J connectivity index is 2.01. The van der Waals surface area contributed by atoms with Crippen molar-refractivity contribution < 1.29 is 4.79 Å². The quantitative estimate of drug-likeness (QED) is 0.845. The molecule has 0 bridgehead atoms. The summed E-state index contributed by atoms with van der Waals surface area (Å²) in [5, 5.41) is 6.90. The minimum atomic E-state index is -0.161. The van der Waals surface area contributed by atoms with Crippen LogP contribution >= 0.6 is 11.3 Å². The molecule has 4 nitrogen and oxygen atoms in total. The van der Waals surface area contributed by atoms with Gasteiger partial charge in [-0.1, -0.05) is 0 Å². The number of thiophene rings is 1. The van der Waals surface area contributed by atoms with Crippen LogP contribution in [-0.4, -0.2) is 15.6 Å². The van der Waals surface area contributed by atoms with Crippen molar-refractivity contribution in [1.29, 1.82) is 0 Å². The summed E-state index contributed by atoms with van der Waals surface area (Å²) >= 11 is 1.62. The highest BCUT2D eigenvalue weighted by atomic mass is 32.1. The molecule has 0 aromatic carbocycles. The zero-order valence-electron chi connectivity index (χ0n) is 8.25. The molecule has 0 aliphatic carbocycles. The van der Waals surface area contributed by atoms with Crippen molar-refractivity contribution in [3.63, 3.8) is 0 Å². The maximum absolute atomic E-state index is 11.6. The number of carbonyl (C=O) groups is 1. The molecule has 0 aliphatic heterocycles. The largest absolute Gasteiger partial charge is 0.331 e. The molecule has 2 aromatic heterocycles. The molecule has 0 radical (unpaired) electrons. The second-order valence-electron chi connectivity index (χ2n) is 3.20. The summed E-state index contributed by atoms with van der Waals surface area (Å²) in [6.07, 6.45) is 4.68. The second kappa shape index (κ2) is 4.27. The predicted octanol–water partition coefficient (Wildman–Crippen LogP) is 2.26. The summed E-state index contributed by atoms with van der Waals surface area (Å²) in [6.45, 7) is 1.96. The van der Waals surface area contributed by atoms with Gasteiger partial charge in [0.1, 0.15) is 6.33 Å². The van der Waals surface area contributed by atoms with Crippen LogP contribution in [0.15, 0.2) is 35.5 Å². The summed E-state index contributed by atoms with van der Waals surface area (Å²) in [4.78, 5) is 15.4. The Morgan fingerprint density at radius 1 is 1.67 bits per heavy atom. The van der Waals surface area contributed by atoms with Crippen LogP contribution in [-0.2, 0) is 0 Å². The molecule has 1 N–H and O–H groups in total. The number of hydrogen-bond acceptors (Lipinski definition) is 3. The third-order valence-electron chi connectivity index (χ3n) is 2.12. The fourth-order valence-corrected chi connectivity index (χ4v) is 2.00. The van der Waals surface area contributed by atoms with Crippen molar-refractivity contribution in [3.8, 4) is 0 Å². The number of imidazole rings is 1. The minimum Gasteiger partial charge on any atom is -0.331 e. The maximum atomic E-state index is 11.6. The van der Waals surface area contributed by atoms with Gasteiger partial charge >= 0.3 is 6.03 Å². The first-order valence-electron chi connectivity index (χ1n) is 4.58. The highest BCUT2D eigenvalue weighted by Gasteiger charge is 2.10. The molecule has 2 heterocycles. The van der Waals surface area contributed by atoms with Crippen LogP contribution < -0.4 is 5.32 Å². The standard InChI is InChI=1S/C10H11N3OS/c1-8(9-2-5-15-6-9)12-10(14)13-4-3-11-7-13/h2-8H,1H3,(H,12,14). The van der Waals surface area contributed by atoms with Gasteiger partial charge in [-0.25, -0.2) is 9.78 Å². The number of amides is 1. The molecule has 0 saturated heterocycles. The molecule has 5 heteroatoms. The van der Waals surface area contributed by atoms with E-state index in [9.17, 15) is 4.79 Å². The monoisotopic (exact) mass is 221 g/mol. The second-order valence-corrected chi connectivity index (χ2v) is 3.98. The molecule has 0 saturated carbocycles. The van der Waals surface area contributed by atoms with E-state index in [1.165, 1.54) is 10.9 Å². The van der Waals surface area contributed by atoms with Gasteiger partial charge in [0, 0.05) is 12.4 Å². The van der Waals surface area contributed by atoms with Crippen molar-refractivity contribution in [2.75, 3.05) is 0 Å². The minimum absolute atomic E-state index is 0.0196. The number of rotatable bonds is 2. The zero-order valence-corrected chi connectivity index (χ0v) is 9.07. The first kappa shape index (κ1) is 9.92. The van der Waals surface area contributed by atoms with Gasteiger partial charge in [0.25, 0.3) is 0 Å². The van der Waals surface area contributed by atoms with Crippen molar-refractivity contribution in [3.05, 3.63) is 41.1 Å². The van der Waals surface area contributed by atoms with Crippen molar-refractivity contribution >= 4 is 17.4 Å². The number of nitrogens with one attached hydrogen (secondary N) is 1. The van der Waals surface area contributed by atoms with Crippen LogP contribution in [0.5, 0.6) is 0 Å². The van der Waals surface area contributed by atoms with E-state index < -0.39 is 0 Å². The van der Waals surface area contributed by atoms with Gasteiger partial charge in [-0.05, 0) is 29.3 Å². The van der Waals surface area contributed by atoms with E-state index in [1.54, 1.807) is 23.7 Å². The molecule has 0 spiro atoms.